The van der Waals surface area contributed by atoms with Crippen molar-refractivity contribution in [3.63, 3.8) is 0 Å². The van der Waals surface area contributed by atoms with E-state index in [1.807, 2.05) is 23.1 Å². The van der Waals surface area contributed by atoms with Crippen LogP contribution in [0.3, 0.4) is 0 Å². The number of amides is 1. The fourth-order valence-electron chi connectivity index (χ4n) is 3.10. The molecule has 2 heterocycles. The number of hydrogen-bond acceptors (Lipinski definition) is 3. The molecule has 0 radical (unpaired) electrons. The molecule has 2 fully saturated rings. The highest BCUT2D eigenvalue weighted by Gasteiger charge is 2.31. The molecule has 0 spiro atoms. The third-order valence-electron chi connectivity index (χ3n) is 4.32. The van der Waals surface area contributed by atoms with Crippen LogP contribution < -0.4 is 5.32 Å². The zero-order valence-corrected chi connectivity index (χ0v) is 13.6. The quantitative estimate of drug-likeness (QED) is 0.888. The van der Waals surface area contributed by atoms with E-state index in [0.717, 1.165) is 36.0 Å². The van der Waals surface area contributed by atoms with E-state index >= 15 is 0 Å². The molecule has 3 rings (SSSR count). The highest BCUT2D eigenvalue weighted by molar-refractivity contribution is 9.10. The summed E-state index contributed by atoms with van der Waals surface area (Å²) in [4.78, 5) is 14.6. The van der Waals surface area contributed by atoms with Gasteiger partial charge in [-0.1, -0.05) is 34.1 Å². The summed E-state index contributed by atoms with van der Waals surface area (Å²) < 4.78 is 6.92. The van der Waals surface area contributed by atoms with Crippen molar-refractivity contribution in [1.29, 1.82) is 0 Å². The van der Waals surface area contributed by atoms with E-state index in [4.69, 9.17) is 4.74 Å². The van der Waals surface area contributed by atoms with Crippen LogP contribution in [0.4, 0.5) is 0 Å². The largest absolute Gasteiger partial charge is 0.370 e. The second-order valence-electron chi connectivity index (χ2n) is 5.69. The predicted molar refractivity (Wildman–Crippen MR) is 85.0 cm³/mol. The van der Waals surface area contributed by atoms with Gasteiger partial charge in [0.1, 0.15) is 6.10 Å². The molecule has 2 aliphatic rings. The van der Waals surface area contributed by atoms with E-state index in [-0.39, 0.29) is 12.0 Å². The topological polar surface area (TPSA) is 41.6 Å². The van der Waals surface area contributed by atoms with Crippen LogP contribution in [0, 0.1) is 5.92 Å². The number of piperidine rings is 1. The summed E-state index contributed by atoms with van der Waals surface area (Å²) in [5, 5.41) is 3.31. The first-order chi connectivity index (χ1) is 10.3. The number of halogens is 1. The summed E-state index contributed by atoms with van der Waals surface area (Å²) in [6.07, 6.45) is 1.88. The fraction of sp³-hybridized carbons (Fsp3) is 0.562. The van der Waals surface area contributed by atoms with Crippen LogP contribution in [-0.4, -0.2) is 43.6 Å². The maximum Gasteiger partial charge on any atom is 0.225 e. The van der Waals surface area contributed by atoms with E-state index in [9.17, 15) is 4.79 Å². The first-order valence-electron chi connectivity index (χ1n) is 7.61. The summed E-state index contributed by atoms with van der Waals surface area (Å²) in [6.45, 7) is 3.89. The molecule has 21 heavy (non-hydrogen) atoms. The predicted octanol–water partition coefficient (Wildman–Crippen LogP) is 2.35. The SMILES string of the molecule is O=C(C1CCNCC1)N1CCOC(c2ccccc2Br)C1. The van der Waals surface area contributed by atoms with Gasteiger partial charge >= 0.3 is 0 Å². The number of hydrogen-bond donors (Lipinski definition) is 1. The molecule has 0 aliphatic carbocycles. The molecule has 0 aromatic heterocycles. The van der Waals surface area contributed by atoms with Crippen molar-refractivity contribution in [3.05, 3.63) is 34.3 Å². The van der Waals surface area contributed by atoms with Gasteiger partial charge in [0.15, 0.2) is 0 Å². The molecule has 1 atom stereocenters. The van der Waals surface area contributed by atoms with Crippen LogP contribution in [0.1, 0.15) is 24.5 Å². The molecular weight excluding hydrogens is 332 g/mol. The number of carbonyl (C=O) groups is 1. The van der Waals surface area contributed by atoms with Crippen LogP contribution in [0.15, 0.2) is 28.7 Å². The van der Waals surface area contributed by atoms with E-state index < -0.39 is 0 Å². The summed E-state index contributed by atoms with van der Waals surface area (Å²) in [5.41, 5.74) is 1.13. The van der Waals surface area contributed by atoms with Gasteiger partial charge in [0.25, 0.3) is 0 Å². The smallest absolute Gasteiger partial charge is 0.225 e. The Morgan fingerprint density at radius 1 is 1.29 bits per heavy atom. The van der Waals surface area contributed by atoms with Crippen LogP contribution in [0.5, 0.6) is 0 Å². The molecule has 4 nitrogen and oxygen atoms in total. The second-order valence-corrected chi connectivity index (χ2v) is 6.54. The minimum Gasteiger partial charge on any atom is -0.370 e. The Bertz CT molecular complexity index is 503. The average molecular weight is 353 g/mol. The summed E-state index contributed by atoms with van der Waals surface area (Å²) in [6, 6.07) is 8.09. The van der Waals surface area contributed by atoms with Gasteiger partial charge in [-0.2, -0.15) is 0 Å². The van der Waals surface area contributed by atoms with Crippen LogP contribution in [0.2, 0.25) is 0 Å². The molecule has 5 heteroatoms. The zero-order valence-electron chi connectivity index (χ0n) is 12.1. The first kappa shape index (κ1) is 15.0. The summed E-state index contributed by atoms with van der Waals surface area (Å²) in [5.74, 6) is 0.487. The van der Waals surface area contributed by atoms with Gasteiger partial charge in [-0.3, -0.25) is 4.79 Å². The normalized spacial score (nSPS) is 24.0. The highest BCUT2D eigenvalue weighted by Crippen LogP contribution is 2.29. The van der Waals surface area contributed by atoms with Crippen LogP contribution in [0.25, 0.3) is 0 Å². The molecule has 0 bridgehead atoms. The molecule has 114 valence electrons. The average Bonchev–Trinajstić information content (AvgIpc) is 2.55. The van der Waals surface area contributed by atoms with Crippen molar-refractivity contribution in [2.45, 2.75) is 18.9 Å². The van der Waals surface area contributed by atoms with Crippen molar-refractivity contribution in [3.8, 4) is 0 Å². The van der Waals surface area contributed by atoms with Gasteiger partial charge in [-0.05, 0) is 37.6 Å². The Morgan fingerprint density at radius 3 is 2.81 bits per heavy atom. The molecular formula is C16H21BrN2O2. The number of benzene rings is 1. The van der Waals surface area contributed by atoms with Crippen molar-refractivity contribution >= 4 is 21.8 Å². The monoisotopic (exact) mass is 352 g/mol. The Hall–Kier alpha value is -0.910. The highest BCUT2D eigenvalue weighted by atomic mass is 79.9. The minimum atomic E-state index is -0.0278. The van der Waals surface area contributed by atoms with Crippen molar-refractivity contribution in [2.75, 3.05) is 32.8 Å². The number of morpholine rings is 1. The summed E-state index contributed by atoms with van der Waals surface area (Å²) >= 11 is 3.57. The standard InChI is InChI=1S/C16H21BrN2O2/c17-14-4-2-1-3-13(14)15-11-19(9-10-21-15)16(20)12-5-7-18-8-6-12/h1-4,12,15,18H,5-11H2. The molecule has 1 amide bonds. The molecule has 2 saturated heterocycles. The van der Waals surface area contributed by atoms with Gasteiger partial charge in [0, 0.05) is 16.9 Å². The summed E-state index contributed by atoms with van der Waals surface area (Å²) in [7, 11) is 0. The third-order valence-corrected chi connectivity index (χ3v) is 5.04. The Morgan fingerprint density at radius 2 is 2.05 bits per heavy atom. The third kappa shape index (κ3) is 3.47. The lowest BCUT2D eigenvalue weighted by atomic mass is 9.96. The van der Waals surface area contributed by atoms with Gasteiger partial charge in [-0.15, -0.1) is 0 Å². The molecule has 0 saturated carbocycles. The number of carbonyl (C=O) groups excluding carboxylic acids is 1. The van der Waals surface area contributed by atoms with E-state index in [0.29, 0.717) is 25.6 Å². The molecule has 1 aromatic carbocycles. The first-order valence-corrected chi connectivity index (χ1v) is 8.40. The molecule has 1 N–H and O–H groups in total. The Labute approximate surface area is 134 Å². The molecule has 2 aliphatic heterocycles. The van der Waals surface area contributed by atoms with E-state index in [1.54, 1.807) is 0 Å². The Kier molecular flexibility index (Phi) is 4.93. The lowest BCUT2D eigenvalue weighted by Gasteiger charge is -2.36. The lowest BCUT2D eigenvalue weighted by Crippen LogP contribution is -2.47. The van der Waals surface area contributed by atoms with Crippen molar-refractivity contribution < 1.29 is 9.53 Å². The number of nitrogens with one attached hydrogen (secondary N) is 1. The molecule has 1 aromatic rings. The number of ether oxygens (including phenoxy) is 1. The van der Waals surface area contributed by atoms with Crippen LogP contribution in [-0.2, 0) is 9.53 Å². The van der Waals surface area contributed by atoms with E-state index in [2.05, 4.69) is 27.3 Å². The van der Waals surface area contributed by atoms with Crippen molar-refractivity contribution in [1.82, 2.24) is 10.2 Å². The Balaban J connectivity index is 1.68. The maximum absolute atomic E-state index is 12.6. The van der Waals surface area contributed by atoms with Gasteiger partial charge < -0.3 is 15.0 Å². The number of rotatable bonds is 2. The lowest BCUT2D eigenvalue weighted by molar-refractivity contribution is -0.144. The maximum atomic E-state index is 12.6. The van der Waals surface area contributed by atoms with Gasteiger partial charge in [0.2, 0.25) is 5.91 Å². The molecule has 1 unspecified atom stereocenters. The van der Waals surface area contributed by atoms with Gasteiger partial charge in [-0.25, -0.2) is 0 Å². The van der Waals surface area contributed by atoms with Crippen molar-refractivity contribution in [2.24, 2.45) is 5.92 Å². The van der Waals surface area contributed by atoms with Gasteiger partial charge in [0.05, 0.1) is 13.2 Å². The minimum absolute atomic E-state index is 0.0278. The number of nitrogens with zero attached hydrogens (tertiary/aromatic N) is 1. The van der Waals surface area contributed by atoms with E-state index in [1.165, 1.54) is 0 Å². The fourth-order valence-corrected chi connectivity index (χ4v) is 3.64. The van der Waals surface area contributed by atoms with Crippen LogP contribution >= 0.6 is 15.9 Å². The zero-order chi connectivity index (χ0) is 14.7. The second kappa shape index (κ2) is 6.90.